The van der Waals surface area contributed by atoms with E-state index in [1.807, 2.05) is 12.1 Å². The zero-order valence-corrected chi connectivity index (χ0v) is 14.7. The number of methoxy groups -OCH3 is 3. The summed E-state index contributed by atoms with van der Waals surface area (Å²) in [5.41, 5.74) is 1.16. The minimum atomic E-state index is 0.558. The van der Waals surface area contributed by atoms with Crippen LogP contribution in [0.1, 0.15) is 25.3 Å². The molecule has 2 atom stereocenters. The van der Waals surface area contributed by atoms with Crippen LogP contribution in [0.4, 0.5) is 0 Å². The monoisotopic (exact) mass is 320 g/mol. The van der Waals surface area contributed by atoms with Crippen molar-refractivity contribution in [3.05, 3.63) is 17.7 Å². The number of hydrogen-bond acceptors (Lipinski definition) is 5. The van der Waals surface area contributed by atoms with E-state index in [1.165, 1.54) is 25.9 Å². The van der Waals surface area contributed by atoms with E-state index in [9.17, 15) is 0 Å². The van der Waals surface area contributed by atoms with E-state index in [4.69, 9.17) is 14.2 Å². The van der Waals surface area contributed by atoms with Crippen LogP contribution < -0.4 is 14.2 Å². The molecule has 128 valence electrons. The van der Waals surface area contributed by atoms with Gasteiger partial charge in [0.25, 0.3) is 0 Å². The molecular weight excluding hydrogens is 292 g/mol. The second-order valence-electron chi connectivity index (χ2n) is 6.59. The summed E-state index contributed by atoms with van der Waals surface area (Å²) in [6.45, 7) is 6.78. The third-order valence-corrected chi connectivity index (χ3v) is 5.23. The standard InChI is InChI=1S/C18H28N2O3/c1-13-10-19-7-5-6-15(19)12-20(13)11-14-8-17(22-3)18(23-4)9-16(14)21-2/h8-9,13,15H,5-7,10-12H2,1-4H3/t13-,15+/m1/s1. The molecule has 2 fully saturated rings. The van der Waals surface area contributed by atoms with Crippen molar-refractivity contribution in [1.82, 2.24) is 9.80 Å². The van der Waals surface area contributed by atoms with Gasteiger partial charge in [0.15, 0.2) is 11.5 Å². The van der Waals surface area contributed by atoms with Crippen LogP contribution in [0.3, 0.4) is 0 Å². The van der Waals surface area contributed by atoms with Crippen LogP contribution in [-0.2, 0) is 6.54 Å². The van der Waals surface area contributed by atoms with E-state index >= 15 is 0 Å². The van der Waals surface area contributed by atoms with E-state index in [-0.39, 0.29) is 0 Å². The highest BCUT2D eigenvalue weighted by Crippen LogP contribution is 2.36. The molecule has 5 nitrogen and oxygen atoms in total. The lowest BCUT2D eigenvalue weighted by atomic mass is 10.1. The Hall–Kier alpha value is -1.46. The van der Waals surface area contributed by atoms with Crippen LogP contribution in [0.5, 0.6) is 17.2 Å². The lowest BCUT2D eigenvalue weighted by Crippen LogP contribution is -2.54. The molecule has 1 aromatic carbocycles. The summed E-state index contributed by atoms with van der Waals surface area (Å²) in [7, 11) is 5.04. The maximum Gasteiger partial charge on any atom is 0.164 e. The molecular formula is C18H28N2O3. The summed E-state index contributed by atoms with van der Waals surface area (Å²) in [4.78, 5) is 5.21. The van der Waals surface area contributed by atoms with Gasteiger partial charge in [0.1, 0.15) is 5.75 Å². The molecule has 0 radical (unpaired) electrons. The van der Waals surface area contributed by atoms with Gasteiger partial charge in [-0.2, -0.15) is 0 Å². The van der Waals surface area contributed by atoms with Crippen molar-refractivity contribution in [3.8, 4) is 17.2 Å². The largest absolute Gasteiger partial charge is 0.496 e. The number of fused-ring (bicyclic) bond motifs is 1. The van der Waals surface area contributed by atoms with Crippen molar-refractivity contribution in [2.24, 2.45) is 0 Å². The van der Waals surface area contributed by atoms with Gasteiger partial charge in [0.05, 0.1) is 21.3 Å². The van der Waals surface area contributed by atoms with Crippen molar-refractivity contribution in [2.45, 2.75) is 38.4 Å². The molecule has 3 rings (SSSR count). The maximum absolute atomic E-state index is 5.58. The summed E-state index contributed by atoms with van der Waals surface area (Å²) in [6.07, 6.45) is 2.66. The van der Waals surface area contributed by atoms with Crippen LogP contribution in [0.15, 0.2) is 12.1 Å². The van der Waals surface area contributed by atoms with Gasteiger partial charge in [-0.05, 0) is 32.4 Å². The Morgan fingerprint density at radius 2 is 1.70 bits per heavy atom. The predicted octanol–water partition coefficient (Wildman–Crippen LogP) is 2.38. The molecule has 2 heterocycles. The molecule has 0 N–H and O–H groups in total. The molecule has 0 bridgehead atoms. The van der Waals surface area contributed by atoms with Gasteiger partial charge in [0, 0.05) is 43.3 Å². The van der Waals surface area contributed by atoms with Gasteiger partial charge in [-0.3, -0.25) is 9.80 Å². The predicted molar refractivity (Wildman–Crippen MR) is 90.6 cm³/mol. The van der Waals surface area contributed by atoms with Crippen LogP contribution in [0.2, 0.25) is 0 Å². The maximum atomic E-state index is 5.58. The van der Waals surface area contributed by atoms with Crippen LogP contribution >= 0.6 is 0 Å². The topological polar surface area (TPSA) is 34.2 Å². The first-order valence-corrected chi connectivity index (χ1v) is 8.43. The molecule has 0 aliphatic carbocycles. The Morgan fingerprint density at radius 3 is 2.39 bits per heavy atom. The molecule has 2 aliphatic heterocycles. The summed E-state index contributed by atoms with van der Waals surface area (Å²) in [6, 6.07) is 5.25. The van der Waals surface area contributed by atoms with Gasteiger partial charge < -0.3 is 14.2 Å². The number of ether oxygens (including phenoxy) is 3. The summed E-state index contributed by atoms with van der Waals surface area (Å²) in [5, 5.41) is 0. The fourth-order valence-electron chi connectivity index (χ4n) is 3.90. The van der Waals surface area contributed by atoms with Gasteiger partial charge in [-0.15, -0.1) is 0 Å². The minimum absolute atomic E-state index is 0.558. The van der Waals surface area contributed by atoms with Gasteiger partial charge in [-0.25, -0.2) is 0 Å². The first-order chi connectivity index (χ1) is 11.2. The second-order valence-corrected chi connectivity index (χ2v) is 6.59. The number of benzene rings is 1. The van der Waals surface area contributed by atoms with Crippen LogP contribution in [0, 0.1) is 0 Å². The Morgan fingerprint density at radius 1 is 1.00 bits per heavy atom. The molecule has 0 spiro atoms. The Bertz CT molecular complexity index is 549. The fourth-order valence-corrected chi connectivity index (χ4v) is 3.90. The SMILES string of the molecule is COc1cc(OC)c(OC)cc1CN1C[C@@H]2CCCN2C[C@H]1C. The van der Waals surface area contributed by atoms with E-state index in [0.29, 0.717) is 11.8 Å². The first kappa shape index (κ1) is 16.4. The van der Waals surface area contributed by atoms with Crippen molar-refractivity contribution in [3.63, 3.8) is 0 Å². The molecule has 5 heteroatoms. The zero-order chi connectivity index (χ0) is 16.4. The van der Waals surface area contributed by atoms with E-state index in [2.05, 4.69) is 16.7 Å². The average Bonchev–Trinajstić information content (AvgIpc) is 3.01. The Kier molecular flexibility index (Phi) is 4.97. The third kappa shape index (κ3) is 3.26. The Balaban J connectivity index is 1.81. The highest BCUT2D eigenvalue weighted by Gasteiger charge is 2.34. The van der Waals surface area contributed by atoms with Gasteiger partial charge in [-0.1, -0.05) is 0 Å². The smallest absolute Gasteiger partial charge is 0.164 e. The zero-order valence-electron chi connectivity index (χ0n) is 14.7. The van der Waals surface area contributed by atoms with Gasteiger partial charge >= 0.3 is 0 Å². The highest BCUT2D eigenvalue weighted by molar-refractivity contribution is 5.50. The molecule has 0 amide bonds. The molecule has 1 aromatic rings. The average molecular weight is 320 g/mol. The van der Waals surface area contributed by atoms with Crippen LogP contribution in [-0.4, -0.2) is 62.8 Å². The quantitative estimate of drug-likeness (QED) is 0.832. The molecule has 2 saturated heterocycles. The molecule has 2 aliphatic rings. The van der Waals surface area contributed by atoms with Gasteiger partial charge in [0.2, 0.25) is 0 Å². The lowest BCUT2D eigenvalue weighted by molar-refractivity contribution is 0.0535. The fraction of sp³-hybridized carbons (Fsp3) is 0.667. The van der Waals surface area contributed by atoms with E-state index < -0.39 is 0 Å². The molecule has 0 saturated carbocycles. The molecule has 0 unspecified atom stereocenters. The summed E-state index contributed by atoms with van der Waals surface area (Å²) < 4.78 is 16.4. The summed E-state index contributed by atoms with van der Waals surface area (Å²) >= 11 is 0. The number of piperazine rings is 1. The minimum Gasteiger partial charge on any atom is -0.496 e. The number of rotatable bonds is 5. The van der Waals surface area contributed by atoms with E-state index in [0.717, 1.165) is 36.2 Å². The van der Waals surface area contributed by atoms with Crippen molar-refractivity contribution in [2.75, 3.05) is 41.0 Å². The number of nitrogens with zero attached hydrogens (tertiary/aromatic N) is 2. The second kappa shape index (κ2) is 6.97. The van der Waals surface area contributed by atoms with E-state index in [1.54, 1.807) is 21.3 Å². The number of hydrogen-bond donors (Lipinski definition) is 0. The summed E-state index contributed by atoms with van der Waals surface area (Å²) in [5.74, 6) is 2.33. The normalized spacial score (nSPS) is 25.2. The molecule has 0 aromatic heterocycles. The molecule has 23 heavy (non-hydrogen) atoms. The third-order valence-electron chi connectivity index (χ3n) is 5.23. The van der Waals surface area contributed by atoms with Crippen LogP contribution in [0.25, 0.3) is 0 Å². The van der Waals surface area contributed by atoms with Crippen molar-refractivity contribution in [1.29, 1.82) is 0 Å². The Labute approximate surface area is 139 Å². The van der Waals surface area contributed by atoms with Crippen molar-refractivity contribution >= 4 is 0 Å². The van der Waals surface area contributed by atoms with Crippen molar-refractivity contribution < 1.29 is 14.2 Å². The first-order valence-electron chi connectivity index (χ1n) is 8.43. The lowest BCUT2D eigenvalue weighted by Gasteiger charge is -2.42. The highest BCUT2D eigenvalue weighted by atomic mass is 16.5.